The lowest BCUT2D eigenvalue weighted by atomic mass is 10.1. The van der Waals surface area contributed by atoms with Crippen LogP contribution in [0.4, 0.5) is 0 Å². The Morgan fingerprint density at radius 2 is 2.16 bits per heavy atom. The van der Waals surface area contributed by atoms with Crippen LogP contribution >= 0.6 is 11.8 Å². The van der Waals surface area contributed by atoms with Crippen molar-refractivity contribution in [2.45, 2.75) is 25.3 Å². The average molecular weight is 278 g/mol. The van der Waals surface area contributed by atoms with Crippen LogP contribution in [0.2, 0.25) is 0 Å². The van der Waals surface area contributed by atoms with Crippen molar-refractivity contribution in [1.82, 2.24) is 10.2 Å². The molecule has 4 nitrogen and oxygen atoms in total. The van der Waals surface area contributed by atoms with Crippen molar-refractivity contribution in [2.75, 3.05) is 12.8 Å². The highest BCUT2D eigenvalue weighted by Gasteiger charge is 2.38. The first kappa shape index (κ1) is 13.9. The number of nitrogens with one attached hydrogen (secondary N) is 1. The lowest BCUT2D eigenvalue weighted by Crippen LogP contribution is -2.45. The van der Waals surface area contributed by atoms with Crippen molar-refractivity contribution >= 4 is 23.6 Å². The molecule has 0 radical (unpaired) electrons. The first-order chi connectivity index (χ1) is 9.06. The van der Waals surface area contributed by atoms with E-state index in [9.17, 15) is 9.59 Å². The number of amides is 2. The molecule has 19 heavy (non-hydrogen) atoms. The van der Waals surface area contributed by atoms with E-state index in [1.54, 1.807) is 30.6 Å². The second-order valence-corrected chi connectivity index (χ2v) is 5.68. The van der Waals surface area contributed by atoms with E-state index in [-0.39, 0.29) is 17.2 Å². The van der Waals surface area contributed by atoms with Crippen LogP contribution in [-0.2, 0) is 9.59 Å². The lowest BCUT2D eigenvalue weighted by molar-refractivity contribution is -0.137. The van der Waals surface area contributed by atoms with E-state index < -0.39 is 6.04 Å². The van der Waals surface area contributed by atoms with Crippen molar-refractivity contribution in [3.05, 3.63) is 35.4 Å². The molecule has 1 N–H and O–H groups in total. The molecule has 0 bridgehead atoms. The summed E-state index contributed by atoms with van der Waals surface area (Å²) in [6.45, 7) is 3.80. The van der Waals surface area contributed by atoms with Gasteiger partial charge < -0.3 is 10.2 Å². The van der Waals surface area contributed by atoms with Gasteiger partial charge in [-0.1, -0.05) is 24.3 Å². The number of nitrogens with zero attached hydrogens (tertiary/aromatic N) is 1. The van der Waals surface area contributed by atoms with Crippen molar-refractivity contribution in [1.29, 1.82) is 0 Å². The van der Waals surface area contributed by atoms with Crippen molar-refractivity contribution in [3.63, 3.8) is 0 Å². The van der Waals surface area contributed by atoms with Crippen molar-refractivity contribution in [3.8, 4) is 0 Å². The van der Waals surface area contributed by atoms with E-state index in [0.29, 0.717) is 5.75 Å². The van der Waals surface area contributed by atoms with E-state index in [2.05, 4.69) is 5.32 Å². The van der Waals surface area contributed by atoms with Gasteiger partial charge in [-0.3, -0.25) is 9.59 Å². The van der Waals surface area contributed by atoms with Gasteiger partial charge in [0.1, 0.15) is 11.4 Å². The van der Waals surface area contributed by atoms with Crippen LogP contribution in [0, 0.1) is 6.92 Å². The zero-order valence-corrected chi connectivity index (χ0v) is 12.2. The molecule has 2 rings (SSSR count). The fourth-order valence-corrected chi connectivity index (χ4v) is 3.65. The second kappa shape index (κ2) is 5.65. The van der Waals surface area contributed by atoms with E-state index in [0.717, 1.165) is 11.1 Å². The molecule has 0 unspecified atom stereocenters. The number of hydrogen-bond acceptors (Lipinski definition) is 3. The molecular formula is C14H18N2O2S. The van der Waals surface area contributed by atoms with Crippen LogP contribution in [-0.4, -0.2) is 35.6 Å². The van der Waals surface area contributed by atoms with E-state index in [1.165, 1.54) is 0 Å². The van der Waals surface area contributed by atoms with Crippen LogP contribution in [0.15, 0.2) is 24.3 Å². The summed E-state index contributed by atoms with van der Waals surface area (Å²) in [7, 11) is 1.59. The van der Waals surface area contributed by atoms with Gasteiger partial charge in [-0.05, 0) is 25.0 Å². The fourth-order valence-electron chi connectivity index (χ4n) is 2.29. The third-order valence-electron chi connectivity index (χ3n) is 3.40. The van der Waals surface area contributed by atoms with Crippen LogP contribution < -0.4 is 5.32 Å². The maximum Gasteiger partial charge on any atom is 0.242 e. The topological polar surface area (TPSA) is 49.4 Å². The average Bonchev–Trinajstić information content (AvgIpc) is 2.79. The molecule has 5 heteroatoms. The normalized spacial score (nSPS) is 20.5. The molecule has 1 aromatic carbocycles. The summed E-state index contributed by atoms with van der Waals surface area (Å²) < 4.78 is 0. The monoisotopic (exact) mass is 278 g/mol. The molecule has 1 saturated heterocycles. The summed E-state index contributed by atoms with van der Waals surface area (Å²) in [6, 6.07) is 7.55. The Kier molecular flexibility index (Phi) is 4.14. The Labute approximate surface area is 117 Å². The summed E-state index contributed by atoms with van der Waals surface area (Å²) in [6.07, 6.45) is 0. The van der Waals surface area contributed by atoms with Gasteiger partial charge in [-0.15, -0.1) is 11.8 Å². The molecule has 1 heterocycles. The maximum absolute atomic E-state index is 12.1. The summed E-state index contributed by atoms with van der Waals surface area (Å²) in [4.78, 5) is 25.5. The molecule has 0 aromatic heterocycles. The number of hydrogen-bond donors (Lipinski definition) is 1. The molecular weight excluding hydrogens is 260 g/mol. The minimum Gasteiger partial charge on any atom is -0.357 e. The Morgan fingerprint density at radius 3 is 2.79 bits per heavy atom. The van der Waals surface area contributed by atoms with Gasteiger partial charge in [-0.2, -0.15) is 0 Å². The van der Waals surface area contributed by atoms with Crippen LogP contribution in [0.25, 0.3) is 0 Å². The van der Waals surface area contributed by atoms with Gasteiger partial charge in [0, 0.05) is 7.05 Å². The smallest absolute Gasteiger partial charge is 0.242 e. The molecule has 2 amide bonds. The number of aryl methyl sites for hydroxylation is 1. The molecule has 1 aromatic rings. The molecule has 2 atom stereocenters. The molecule has 1 fully saturated rings. The lowest BCUT2D eigenvalue weighted by Gasteiger charge is -2.30. The van der Waals surface area contributed by atoms with Gasteiger partial charge in [0.25, 0.3) is 0 Å². The third kappa shape index (κ3) is 2.61. The molecule has 0 spiro atoms. The van der Waals surface area contributed by atoms with Crippen LogP contribution in [0.1, 0.15) is 23.4 Å². The van der Waals surface area contributed by atoms with E-state index in [1.807, 2.05) is 31.2 Å². The summed E-state index contributed by atoms with van der Waals surface area (Å²) in [5.41, 5.74) is 2.25. The number of benzene rings is 1. The Hall–Kier alpha value is -1.49. The van der Waals surface area contributed by atoms with Gasteiger partial charge in [-0.25, -0.2) is 0 Å². The quantitative estimate of drug-likeness (QED) is 0.915. The first-order valence-corrected chi connectivity index (χ1v) is 7.31. The van der Waals surface area contributed by atoms with Crippen molar-refractivity contribution < 1.29 is 9.59 Å². The fraction of sp³-hybridized carbons (Fsp3) is 0.429. The summed E-state index contributed by atoms with van der Waals surface area (Å²) in [5, 5.41) is 2.54. The first-order valence-electron chi connectivity index (χ1n) is 6.26. The Morgan fingerprint density at radius 1 is 1.47 bits per heavy atom. The maximum atomic E-state index is 12.1. The highest BCUT2D eigenvalue weighted by Crippen LogP contribution is 2.41. The number of carbonyl (C=O) groups excluding carboxylic acids is 2. The molecule has 0 aliphatic carbocycles. The zero-order valence-electron chi connectivity index (χ0n) is 11.3. The minimum absolute atomic E-state index is 0.0225. The number of carbonyl (C=O) groups is 2. The Bertz CT molecular complexity index is 504. The predicted octanol–water partition coefficient (Wildman–Crippen LogP) is 1.70. The van der Waals surface area contributed by atoms with Crippen LogP contribution in [0.5, 0.6) is 0 Å². The van der Waals surface area contributed by atoms with Gasteiger partial charge in [0.05, 0.1) is 5.75 Å². The highest BCUT2D eigenvalue weighted by atomic mass is 32.2. The largest absolute Gasteiger partial charge is 0.357 e. The predicted molar refractivity (Wildman–Crippen MR) is 76.8 cm³/mol. The standard InChI is InChI=1S/C14H18N2O2S/c1-9-6-4-5-7-11(9)14-16(12(17)8-19-14)10(2)13(18)15-3/h4-7,10,14H,8H2,1-3H3,(H,15,18)/t10-,14+/m1/s1. The summed E-state index contributed by atoms with van der Waals surface area (Å²) >= 11 is 1.58. The second-order valence-electron chi connectivity index (χ2n) is 4.61. The zero-order chi connectivity index (χ0) is 14.0. The van der Waals surface area contributed by atoms with Crippen LogP contribution in [0.3, 0.4) is 0 Å². The van der Waals surface area contributed by atoms with E-state index >= 15 is 0 Å². The minimum atomic E-state index is -0.447. The Balaban J connectivity index is 2.32. The number of likely N-dealkylation sites (N-methyl/N-ethyl adjacent to an activating group) is 1. The number of rotatable bonds is 3. The SMILES string of the molecule is CNC(=O)[C@@H](C)N1C(=O)CS[C@H]1c1ccccc1C. The molecule has 102 valence electrons. The number of thioether (sulfide) groups is 1. The van der Waals surface area contributed by atoms with Gasteiger partial charge in [0.2, 0.25) is 11.8 Å². The highest BCUT2D eigenvalue weighted by molar-refractivity contribution is 8.00. The summed E-state index contributed by atoms with van der Waals surface area (Å²) in [5.74, 6) is 0.323. The van der Waals surface area contributed by atoms with Gasteiger partial charge >= 0.3 is 0 Å². The van der Waals surface area contributed by atoms with Gasteiger partial charge in [0.15, 0.2) is 0 Å². The third-order valence-corrected chi connectivity index (χ3v) is 4.61. The van der Waals surface area contributed by atoms with Crippen molar-refractivity contribution in [2.24, 2.45) is 0 Å². The molecule has 1 aliphatic heterocycles. The van der Waals surface area contributed by atoms with E-state index in [4.69, 9.17) is 0 Å². The molecule has 1 aliphatic rings. The molecule has 0 saturated carbocycles.